The molecule has 1 N–H and O–H groups in total. The Labute approximate surface area is 125 Å². The number of thiophene rings is 1. The van der Waals surface area contributed by atoms with Gasteiger partial charge in [0.25, 0.3) is 0 Å². The van der Waals surface area contributed by atoms with Crippen LogP contribution in [0.5, 0.6) is 5.75 Å². The van der Waals surface area contributed by atoms with E-state index in [-0.39, 0.29) is 11.8 Å². The number of rotatable bonds is 6. The molecule has 2 aromatic rings. The first kappa shape index (κ1) is 15.7. The molecule has 0 aliphatic rings. The smallest absolute Gasteiger partial charge is 0.422 e. The second kappa shape index (κ2) is 6.85. The second-order valence-corrected chi connectivity index (χ2v) is 5.53. The van der Waals surface area contributed by atoms with E-state index in [9.17, 15) is 13.2 Å². The van der Waals surface area contributed by atoms with Crippen molar-refractivity contribution in [1.29, 1.82) is 0 Å². The summed E-state index contributed by atoms with van der Waals surface area (Å²) in [6.07, 6.45) is -3.39. The second-order valence-electron chi connectivity index (χ2n) is 4.55. The van der Waals surface area contributed by atoms with Gasteiger partial charge >= 0.3 is 6.18 Å². The van der Waals surface area contributed by atoms with Crippen molar-refractivity contribution < 1.29 is 17.9 Å². The fourth-order valence-corrected chi connectivity index (χ4v) is 2.74. The van der Waals surface area contributed by atoms with E-state index in [1.165, 1.54) is 17.0 Å². The van der Waals surface area contributed by atoms with Crippen LogP contribution in [0, 0.1) is 0 Å². The van der Waals surface area contributed by atoms with Crippen LogP contribution in [0.3, 0.4) is 0 Å². The van der Waals surface area contributed by atoms with Crippen molar-refractivity contribution in [3.05, 3.63) is 46.7 Å². The Bertz CT molecular complexity index is 537. The summed E-state index contributed by atoms with van der Waals surface area (Å²) in [4.78, 5) is 1.23. The first-order chi connectivity index (χ1) is 9.98. The SMILES string of the molecule is CCC(Nc1ccc(OCC(F)(F)F)cc1)c1cccs1. The zero-order chi connectivity index (χ0) is 15.3. The zero-order valence-electron chi connectivity index (χ0n) is 11.5. The third kappa shape index (κ3) is 4.97. The van der Waals surface area contributed by atoms with E-state index in [0.717, 1.165) is 12.1 Å². The maximum absolute atomic E-state index is 12.1. The molecule has 114 valence electrons. The van der Waals surface area contributed by atoms with Crippen molar-refractivity contribution in [2.24, 2.45) is 0 Å². The van der Waals surface area contributed by atoms with Crippen molar-refractivity contribution in [3.8, 4) is 5.75 Å². The number of benzene rings is 1. The lowest BCUT2D eigenvalue weighted by Crippen LogP contribution is -2.19. The highest BCUT2D eigenvalue weighted by Crippen LogP contribution is 2.27. The first-order valence-electron chi connectivity index (χ1n) is 6.57. The molecule has 6 heteroatoms. The molecule has 0 saturated carbocycles. The summed E-state index contributed by atoms with van der Waals surface area (Å²) in [5, 5.41) is 5.38. The number of anilines is 1. The highest BCUT2D eigenvalue weighted by molar-refractivity contribution is 7.10. The molecule has 0 radical (unpaired) electrons. The van der Waals surface area contributed by atoms with Gasteiger partial charge in [0.15, 0.2) is 6.61 Å². The summed E-state index contributed by atoms with van der Waals surface area (Å²) < 4.78 is 40.9. The Morgan fingerprint density at radius 2 is 1.90 bits per heavy atom. The summed E-state index contributed by atoms with van der Waals surface area (Å²) in [5.74, 6) is 0.210. The largest absolute Gasteiger partial charge is 0.484 e. The van der Waals surface area contributed by atoms with Gasteiger partial charge in [-0.05, 0) is 42.1 Å². The van der Waals surface area contributed by atoms with E-state index in [0.29, 0.717) is 0 Å². The van der Waals surface area contributed by atoms with Crippen LogP contribution in [-0.4, -0.2) is 12.8 Å². The van der Waals surface area contributed by atoms with Crippen LogP contribution >= 0.6 is 11.3 Å². The van der Waals surface area contributed by atoms with Gasteiger partial charge in [-0.3, -0.25) is 0 Å². The van der Waals surface area contributed by atoms with E-state index in [1.807, 2.05) is 11.4 Å². The quantitative estimate of drug-likeness (QED) is 0.786. The Balaban J connectivity index is 1.95. The molecular formula is C15H16F3NOS. The van der Waals surface area contributed by atoms with Gasteiger partial charge in [0.2, 0.25) is 0 Å². The normalized spacial score (nSPS) is 13.0. The minimum Gasteiger partial charge on any atom is -0.484 e. The average molecular weight is 315 g/mol. The predicted molar refractivity (Wildman–Crippen MR) is 79.0 cm³/mol. The van der Waals surface area contributed by atoms with Crippen molar-refractivity contribution >= 4 is 17.0 Å². The molecule has 1 unspecified atom stereocenters. The van der Waals surface area contributed by atoms with E-state index >= 15 is 0 Å². The van der Waals surface area contributed by atoms with E-state index in [1.54, 1.807) is 23.5 Å². The average Bonchev–Trinajstić information content (AvgIpc) is 2.97. The summed E-state index contributed by atoms with van der Waals surface area (Å²) in [7, 11) is 0. The Morgan fingerprint density at radius 3 is 2.43 bits per heavy atom. The molecule has 2 nitrogen and oxygen atoms in total. The highest BCUT2D eigenvalue weighted by Gasteiger charge is 2.28. The van der Waals surface area contributed by atoms with Crippen LogP contribution in [0.2, 0.25) is 0 Å². The standard InChI is InChI=1S/C15H16F3NOS/c1-2-13(14-4-3-9-21-14)19-11-5-7-12(8-6-11)20-10-15(16,17)18/h3-9,13,19H,2,10H2,1H3. The van der Waals surface area contributed by atoms with Gasteiger partial charge in [-0.25, -0.2) is 0 Å². The molecular weight excluding hydrogens is 299 g/mol. The Hall–Kier alpha value is -1.69. The maximum Gasteiger partial charge on any atom is 0.422 e. The molecule has 0 amide bonds. The fourth-order valence-electron chi connectivity index (χ4n) is 1.88. The van der Waals surface area contributed by atoms with Crippen LogP contribution in [0.25, 0.3) is 0 Å². The molecule has 2 rings (SSSR count). The van der Waals surface area contributed by atoms with Crippen molar-refractivity contribution in [2.75, 3.05) is 11.9 Å². The van der Waals surface area contributed by atoms with Gasteiger partial charge in [0, 0.05) is 10.6 Å². The molecule has 0 bridgehead atoms. The van der Waals surface area contributed by atoms with E-state index < -0.39 is 12.8 Å². The number of nitrogens with one attached hydrogen (secondary N) is 1. The van der Waals surface area contributed by atoms with Crippen molar-refractivity contribution in [1.82, 2.24) is 0 Å². The van der Waals surface area contributed by atoms with Crippen LogP contribution in [0.15, 0.2) is 41.8 Å². The first-order valence-corrected chi connectivity index (χ1v) is 7.45. The number of hydrogen-bond acceptors (Lipinski definition) is 3. The molecule has 1 heterocycles. The van der Waals surface area contributed by atoms with Crippen molar-refractivity contribution in [3.63, 3.8) is 0 Å². The molecule has 1 atom stereocenters. The molecule has 0 aliphatic carbocycles. The third-order valence-corrected chi connectivity index (χ3v) is 3.88. The van der Waals surface area contributed by atoms with E-state index in [4.69, 9.17) is 0 Å². The molecule has 0 fully saturated rings. The topological polar surface area (TPSA) is 21.3 Å². The van der Waals surface area contributed by atoms with Crippen LogP contribution in [0.1, 0.15) is 24.3 Å². The third-order valence-electron chi connectivity index (χ3n) is 2.89. The molecule has 0 aliphatic heterocycles. The minimum absolute atomic E-state index is 0.201. The summed E-state index contributed by atoms with van der Waals surface area (Å²) in [6, 6.07) is 10.8. The molecule has 1 aromatic carbocycles. The highest BCUT2D eigenvalue weighted by atomic mass is 32.1. The fraction of sp³-hybridized carbons (Fsp3) is 0.333. The summed E-state index contributed by atoms with van der Waals surface area (Å²) >= 11 is 1.68. The number of ether oxygens (including phenoxy) is 1. The minimum atomic E-state index is -4.32. The van der Waals surface area contributed by atoms with Crippen LogP contribution in [0.4, 0.5) is 18.9 Å². The lowest BCUT2D eigenvalue weighted by atomic mass is 10.1. The predicted octanol–water partition coefficient (Wildman–Crippen LogP) is 5.25. The summed E-state index contributed by atoms with van der Waals surface area (Å²) in [6.45, 7) is 0.810. The van der Waals surface area contributed by atoms with Gasteiger partial charge in [-0.1, -0.05) is 13.0 Å². The van der Waals surface area contributed by atoms with Gasteiger partial charge in [-0.15, -0.1) is 11.3 Å². The number of hydrogen-bond donors (Lipinski definition) is 1. The van der Waals surface area contributed by atoms with Gasteiger partial charge in [-0.2, -0.15) is 13.2 Å². The molecule has 1 aromatic heterocycles. The van der Waals surface area contributed by atoms with Gasteiger partial charge in [0.1, 0.15) is 5.75 Å². The van der Waals surface area contributed by atoms with E-state index in [2.05, 4.69) is 23.0 Å². The molecule has 0 spiro atoms. The molecule has 21 heavy (non-hydrogen) atoms. The number of halogens is 3. The van der Waals surface area contributed by atoms with Crippen LogP contribution < -0.4 is 10.1 Å². The lowest BCUT2D eigenvalue weighted by Gasteiger charge is -2.17. The van der Waals surface area contributed by atoms with Gasteiger partial charge < -0.3 is 10.1 Å². The zero-order valence-corrected chi connectivity index (χ0v) is 12.3. The van der Waals surface area contributed by atoms with Gasteiger partial charge in [0.05, 0.1) is 6.04 Å². The maximum atomic E-state index is 12.1. The van der Waals surface area contributed by atoms with Crippen molar-refractivity contribution in [2.45, 2.75) is 25.6 Å². The van der Waals surface area contributed by atoms with Crippen LogP contribution in [-0.2, 0) is 0 Å². The Kier molecular flexibility index (Phi) is 5.12. The number of alkyl halides is 3. The lowest BCUT2D eigenvalue weighted by molar-refractivity contribution is -0.153. The monoisotopic (exact) mass is 315 g/mol. The summed E-state index contributed by atoms with van der Waals surface area (Å²) in [5.41, 5.74) is 0.856. The Morgan fingerprint density at radius 1 is 1.19 bits per heavy atom. The molecule has 0 saturated heterocycles.